The minimum atomic E-state index is -0.721. The molecule has 0 aliphatic rings. The van der Waals surface area contributed by atoms with Gasteiger partial charge in [-0.15, -0.1) is 11.3 Å². The second-order valence-electron chi connectivity index (χ2n) is 8.64. The van der Waals surface area contributed by atoms with E-state index in [1.165, 1.54) is 28.2 Å². The van der Waals surface area contributed by atoms with Crippen LogP contribution in [0.5, 0.6) is 0 Å². The van der Waals surface area contributed by atoms with Gasteiger partial charge in [-0.1, -0.05) is 42.8 Å². The molecule has 1 amide bonds. The predicted molar refractivity (Wildman–Crippen MR) is 159 cm³/mol. The Balaban J connectivity index is 1.66. The average Bonchev–Trinajstić information content (AvgIpc) is 3.49. The number of nitrogen functional groups attached to an aromatic ring is 1. The number of thiazole rings is 1. The van der Waals surface area contributed by atoms with Gasteiger partial charge in [-0.3, -0.25) is 24.1 Å². The van der Waals surface area contributed by atoms with Gasteiger partial charge in [-0.05, 0) is 43.8 Å². The molecule has 0 saturated heterocycles. The van der Waals surface area contributed by atoms with Crippen LogP contribution in [0.1, 0.15) is 45.2 Å². The third kappa shape index (κ3) is 4.89. The third-order valence-electron chi connectivity index (χ3n) is 6.14. The summed E-state index contributed by atoms with van der Waals surface area (Å²) >= 11 is 1.41. The zero-order chi connectivity index (χ0) is 28.2. The summed E-state index contributed by atoms with van der Waals surface area (Å²) in [5.74, 6) is 5.93. The van der Waals surface area contributed by atoms with E-state index >= 15 is 0 Å². The Kier molecular flexibility index (Phi) is 7.31. The molecule has 5 aromatic rings. The molecule has 9 nitrogen and oxygen atoms in total. The highest BCUT2D eigenvalue weighted by atomic mass is 32.1. The highest BCUT2D eigenvalue weighted by Gasteiger charge is 2.24. The Bertz CT molecular complexity index is 1890. The largest absolute Gasteiger partial charge is 0.383 e. The van der Waals surface area contributed by atoms with Crippen molar-refractivity contribution in [2.24, 2.45) is 4.99 Å². The van der Waals surface area contributed by atoms with Crippen LogP contribution in [0.25, 0.3) is 22.7 Å². The summed E-state index contributed by atoms with van der Waals surface area (Å²) in [5.41, 5.74) is 9.86. The summed E-state index contributed by atoms with van der Waals surface area (Å²) in [5, 5.41) is 3.27. The highest BCUT2D eigenvalue weighted by Crippen LogP contribution is 2.29. The maximum absolute atomic E-state index is 14.1. The number of nitrogens with zero attached hydrogens (tertiary/aromatic N) is 5. The summed E-state index contributed by atoms with van der Waals surface area (Å²) < 4.78 is 1.49. The molecule has 3 aromatic heterocycles. The number of aromatic nitrogens is 4. The van der Waals surface area contributed by atoms with Crippen LogP contribution < -0.4 is 16.6 Å². The molecule has 1 unspecified atom stereocenters. The van der Waals surface area contributed by atoms with Crippen LogP contribution >= 0.6 is 11.3 Å². The monoisotopic (exact) mass is 545 g/mol. The first-order valence-electron chi connectivity index (χ1n) is 12.1. The number of para-hydroxylation sites is 1. The lowest BCUT2D eigenvalue weighted by Gasteiger charge is -2.21. The third-order valence-corrected chi connectivity index (χ3v) is 6.83. The van der Waals surface area contributed by atoms with Crippen molar-refractivity contribution in [1.82, 2.24) is 24.8 Å². The number of hydrogen-bond donors (Lipinski definition) is 2. The summed E-state index contributed by atoms with van der Waals surface area (Å²) in [7, 11) is 0. The fourth-order valence-corrected chi connectivity index (χ4v) is 4.75. The summed E-state index contributed by atoms with van der Waals surface area (Å²) in [4.78, 5) is 45.3. The first kappa shape index (κ1) is 26.2. The number of carbonyl (C=O) groups excluding carboxylic acids is 1. The van der Waals surface area contributed by atoms with Gasteiger partial charge in [-0.25, -0.2) is 9.97 Å². The van der Waals surface area contributed by atoms with Crippen molar-refractivity contribution in [3.63, 3.8) is 0 Å². The number of benzene rings is 2. The molecule has 40 heavy (non-hydrogen) atoms. The van der Waals surface area contributed by atoms with Crippen LogP contribution in [0.15, 0.2) is 82.8 Å². The summed E-state index contributed by atoms with van der Waals surface area (Å²) in [6.45, 7) is 9.04. The molecule has 5 rings (SSSR count). The molecular weight excluding hydrogens is 522 g/mol. The highest BCUT2D eigenvalue weighted by molar-refractivity contribution is 7.10. The van der Waals surface area contributed by atoms with E-state index in [1.54, 1.807) is 49.0 Å². The van der Waals surface area contributed by atoms with E-state index in [4.69, 9.17) is 10.7 Å². The van der Waals surface area contributed by atoms with Crippen LogP contribution in [0.3, 0.4) is 0 Å². The van der Waals surface area contributed by atoms with Crippen LogP contribution in [-0.4, -0.2) is 32.1 Å². The fraction of sp³-hybridized carbons (Fsp3) is 0.0667. The van der Waals surface area contributed by atoms with Crippen molar-refractivity contribution in [2.45, 2.75) is 13.0 Å². The molecule has 0 bridgehead atoms. The number of amides is 1. The Morgan fingerprint density at radius 2 is 1.98 bits per heavy atom. The summed E-state index contributed by atoms with van der Waals surface area (Å²) in [6, 6.07) is 13.7. The maximum Gasteiger partial charge on any atom is 0.267 e. The number of fused-ring (bicyclic) bond motifs is 1. The normalized spacial score (nSPS) is 11.3. The number of rotatable bonds is 6. The fourth-order valence-electron chi connectivity index (χ4n) is 4.28. The SMILES string of the molecule is C=Cc1cnc(N)c(C(=O)NC(C)c2nc3cccc(C#Cc4cncs4)c3c(=O)n2-c2ccccc2)c1N=C. The standard InChI is InChI=1S/C30H23N7O2S/c1-4-19-15-34-27(31)25(26(19)32-3)29(38)35-18(2)28-36-23-12-8-9-20(13-14-22-16-33-17-40-22)24(23)30(39)37(28)21-10-6-5-7-11-21/h4-12,15-18H,1,3H2,2H3,(H2,31,34)(H,35,38). The topological polar surface area (TPSA) is 128 Å². The van der Waals surface area contributed by atoms with Crippen molar-refractivity contribution in [3.8, 4) is 17.5 Å². The zero-order valence-corrected chi connectivity index (χ0v) is 22.3. The van der Waals surface area contributed by atoms with E-state index in [9.17, 15) is 9.59 Å². The molecule has 10 heteroatoms. The Morgan fingerprint density at radius 3 is 2.67 bits per heavy atom. The second kappa shape index (κ2) is 11.1. The van der Waals surface area contributed by atoms with E-state index in [2.05, 4.69) is 45.4 Å². The smallest absolute Gasteiger partial charge is 0.267 e. The van der Waals surface area contributed by atoms with Gasteiger partial charge in [0.05, 0.1) is 44.9 Å². The molecule has 3 N–H and O–H groups in total. The molecular formula is C30H23N7O2S. The number of anilines is 1. The Morgan fingerprint density at radius 1 is 1.18 bits per heavy atom. The molecule has 196 valence electrons. The minimum Gasteiger partial charge on any atom is -0.383 e. The van der Waals surface area contributed by atoms with Crippen molar-refractivity contribution in [1.29, 1.82) is 0 Å². The molecule has 0 aliphatic carbocycles. The molecule has 0 aliphatic heterocycles. The van der Waals surface area contributed by atoms with Gasteiger partial charge in [0.15, 0.2) is 0 Å². The number of pyridine rings is 1. The number of hydrogen-bond acceptors (Lipinski definition) is 8. The van der Waals surface area contributed by atoms with Crippen LogP contribution in [0.4, 0.5) is 11.5 Å². The van der Waals surface area contributed by atoms with Gasteiger partial charge in [0.1, 0.15) is 17.2 Å². The van der Waals surface area contributed by atoms with Crippen molar-refractivity contribution in [3.05, 3.63) is 111 Å². The first-order chi connectivity index (χ1) is 19.4. The van der Waals surface area contributed by atoms with Crippen molar-refractivity contribution in [2.75, 3.05) is 5.73 Å². The molecule has 0 spiro atoms. The van der Waals surface area contributed by atoms with E-state index in [0.29, 0.717) is 33.5 Å². The summed E-state index contributed by atoms with van der Waals surface area (Å²) in [6.07, 6.45) is 4.66. The molecule has 1 atom stereocenters. The van der Waals surface area contributed by atoms with Crippen LogP contribution in [-0.2, 0) is 0 Å². The molecule has 2 aromatic carbocycles. The van der Waals surface area contributed by atoms with Gasteiger partial charge in [0, 0.05) is 17.3 Å². The maximum atomic E-state index is 14.1. The molecule has 0 saturated carbocycles. The quantitative estimate of drug-likeness (QED) is 0.235. The molecule has 0 fully saturated rings. The van der Waals surface area contributed by atoms with Gasteiger partial charge in [-0.2, -0.15) is 0 Å². The number of carbonyl (C=O) groups is 1. The number of aliphatic imine (C=N–C) groups is 1. The lowest BCUT2D eigenvalue weighted by atomic mass is 10.1. The van der Waals surface area contributed by atoms with E-state index in [-0.39, 0.29) is 22.6 Å². The van der Waals surface area contributed by atoms with E-state index < -0.39 is 11.9 Å². The average molecular weight is 546 g/mol. The predicted octanol–water partition coefficient (Wildman–Crippen LogP) is 4.69. The Hall–Kier alpha value is -5.40. The first-order valence-corrected chi connectivity index (χ1v) is 13.0. The van der Waals surface area contributed by atoms with Crippen LogP contribution in [0.2, 0.25) is 0 Å². The minimum absolute atomic E-state index is 0.00576. The van der Waals surface area contributed by atoms with E-state index in [0.717, 1.165) is 4.88 Å². The van der Waals surface area contributed by atoms with Gasteiger partial charge in [0.2, 0.25) is 0 Å². The second-order valence-corrected chi connectivity index (χ2v) is 9.53. The molecule has 3 heterocycles. The number of nitrogens with two attached hydrogens (primary N) is 1. The number of nitrogens with one attached hydrogen (secondary N) is 1. The lowest BCUT2D eigenvalue weighted by molar-refractivity contribution is 0.0939. The van der Waals surface area contributed by atoms with Gasteiger partial charge < -0.3 is 11.1 Å². The van der Waals surface area contributed by atoms with Crippen molar-refractivity contribution >= 4 is 52.4 Å². The Labute approximate surface area is 233 Å². The van der Waals surface area contributed by atoms with Crippen LogP contribution in [0, 0.1) is 11.8 Å². The molecule has 0 radical (unpaired) electrons. The van der Waals surface area contributed by atoms with Crippen molar-refractivity contribution < 1.29 is 4.79 Å². The van der Waals surface area contributed by atoms with E-state index in [1.807, 2.05) is 18.2 Å². The zero-order valence-electron chi connectivity index (χ0n) is 21.5. The van der Waals surface area contributed by atoms with Gasteiger partial charge in [0.25, 0.3) is 11.5 Å². The lowest BCUT2D eigenvalue weighted by Crippen LogP contribution is -2.34. The van der Waals surface area contributed by atoms with Gasteiger partial charge >= 0.3 is 0 Å².